The van der Waals surface area contributed by atoms with Gasteiger partial charge in [-0.1, -0.05) is 6.07 Å². The van der Waals surface area contributed by atoms with Crippen LogP contribution < -0.4 is 10.1 Å². The molecule has 0 radical (unpaired) electrons. The molecule has 1 fully saturated rings. The van der Waals surface area contributed by atoms with E-state index in [0.717, 1.165) is 0 Å². The Kier molecular flexibility index (Phi) is 4.74. The van der Waals surface area contributed by atoms with E-state index in [9.17, 15) is 9.59 Å². The molecule has 1 heterocycles. The lowest BCUT2D eigenvalue weighted by molar-refractivity contribution is -0.137. The van der Waals surface area contributed by atoms with E-state index < -0.39 is 0 Å². The van der Waals surface area contributed by atoms with Crippen molar-refractivity contribution in [3.63, 3.8) is 0 Å². The van der Waals surface area contributed by atoms with E-state index in [1.807, 2.05) is 0 Å². The molecule has 1 saturated heterocycles. The Morgan fingerprint density at radius 3 is 2.95 bits per heavy atom. The summed E-state index contributed by atoms with van der Waals surface area (Å²) in [5, 5.41) is 2.53. The van der Waals surface area contributed by atoms with Crippen LogP contribution in [0, 0.1) is 0 Å². The average molecular weight is 264 g/mol. The normalized spacial score (nSPS) is 14.8. The highest BCUT2D eigenvalue weighted by Crippen LogP contribution is 2.16. The third-order valence-electron chi connectivity index (χ3n) is 2.79. The Morgan fingerprint density at radius 2 is 2.21 bits per heavy atom. The third-order valence-corrected chi connectivity index (χ3v) is 2.79. The van der Waals surface area contributed by atoms with E-state index in [1.165, 1.54) is 0 Å². The maximum absolute atomic E-state index is 11.9. The number of hydrogen-bond acceptors (Lipinski definition) is 4. The molecule has 0 bridgehead atoms. The highest BCUT2D eigenvalue weighted by molar-refractivity contribution is 5.78. The van der Waals surface area contributed by atoms with Gasteiger partial charge in [0.1, 0.15) is 5.75 Å². The number of anilines is 1. The Morgan fingerprint density at radius 1 is 1.42 bits per heavy atom. The van der Waals surface area contributed by atoms with Crippen molar-refractivity contribution in [2.24, 2.45) is 0 Å². The lowest BCUT2D eigenvalue weighted by Gasteiger charge is -2.26. The van der Waals surface area contributed by atoms with E-state index in [4.69, 9.17) is 9.47 Å². The van der Waals surface area contributed by atoms with E-state index >= 15 is 0 Å². The molecular weight excluding hydrogens is 248 g/mol. The monoisotopic (exact) mass is 264 g/mol. The van der Waals surface area contributed by atoms with E-state index in [1.54, 1.807) is 29.2 Å². The second kappa shape index (κ2) is 6.75. The maximum atomic E-state index is 11.9. The summed E-state index contributed by atoms with van der Waals surface area (Å²) in [6.45, 7) is 2.35. The molecule has 6 nitrogen and oxygen atoms in total. The van der Waals surface area contributed by atoms with Gasteiger partial charge in [0, 0.05) is 24.8 Å². The van der Waals surface area contributed by atoms with Crippen molar-refractivity contribution >= 4 is 18.0 Å². The SMILES string of the molecule is O=CNc1cccc(OCC(=O)N2CCOCC2)c1. The quantitative estimate of drug-likeness (QED) is 0.786. The molecule has 2 amide bonds. The van der Waals surface area contributed by atoms with Crippen molar-refractivity contribution in [1.29, 1.82) is 0 Å². The summed E-state index contributed by atoms with van der Waals surface area (Å²) in [6.07, 6.45) is 0.595. The Hall–Kier alpha value is -2.08. The van der Waals surface area contributed by atoms with Crippen LogP contribution in [0.2, 0.25) is 0 Å². The number of ether oxygens (including phenoxy) is 2. The lowest BCUT2D eigenvalue weighted by atomic mass is 10.3. The van der Waals surface area contributed by atoms with Gasteiger partial charge in [-0.05, 0) is 12.1 Å². The molecular formula is C13H16N2O4. The molecule has 1 aliphatic heterocycles. The van der Waals surface area contributed by atoms with Crippen LogP contribution in [-0.2, 0) is 14.3 Å². The van der Waals surface area contributed by atoms with Gasteiger partial charge in [0.15, 0.2) is 6.61 Å². The molecule has 0 saturated carbocycles. The van der Waals surface area contributed by atoms with Crippen molar-refractivity contribution in [3.05, 3.63) is 24.3 Å². The van der Waals surface area contributed by atoms with Gasteiger partial charge in [0.25, 0.3) is 5.91 Å². The summed E-state index contributed by atoms with van der Waals surface area (Å²) in [4.78, 5) is 23.9. The minimum Gasteiger partial charge on any atom is -0.484 e. The zero-order valence-electron chi connectivity index (χ0n) is 10.5. The minimum atomic E-state index is -0.0583. The van der Waals surface area contributed by atoms with Crippen molar-refractivity contribution < 1.29 is 19.1 Å². The van der Waals surface area contributed by atoms with Crippen molar-refractivity contribution in [1.82, 2.24) is 4.90 Å². The number of carbonyl (C=O) groups excluding carboxylic acids is 2. The molecule has 0 unspecified atom stereocenters. The molecule has 0 atom stereocenters. The molecule has 19 heavy (non-hydrogen) atoms. The number of amides is 2. The molecule has 1 aliphatic rings. The first-order valence-electron chi connectivity index (χ1n) is 6.08. The number of rotatable bonds is 5. The first kappa shape index (κ1) is 13.4. The van der Waals surface area contributed by atoms with Crippen LogP contribution in [0.15, 0.2) is 24.3 Å². The van der Waals surface area contributed by atoms with Gasteiger partial charge >= 0.3 is 0 Å². The molecule has 1 aromatic carbocycles. The van der Waals surface area contributed by atoms with Crippen molar-refractivity contribution in [2.75, 3.05) is 38.2 Å². The zero-order chi connectivity index (χ0) is 13.5. The molecule has 0 spiro atoms. The first-order valence-corrected chi connectivity index (χ1v) is 6.08. The topological polar surface area (TPSA) is 67.9 Å². The largest absolute Gasteiger partial charge is 0.484 e. The van der Waals surface area contributed by atoms with E-state index in [-0.39, 0.29) is 12.5 Å². The lowest BCUT2D eigenvalue weighted by Crippen LogP contribution is -2.42. The summed E-state index contributed by atoms with van der Waals surface area (Å²) in [5.41, 5.74) is 0.631. The summed E-state index contributed by atoms with van der Waals surface area (Å²) < 4.78 is 10.6. The van der Waals surface area contributed by atoms with E-state index in [2.05, 4.69) is 5.32 Å². The fourth-order valence-electron chi connectivity index (χ4n) is 1.79. The Bertz CT molecular complexity index is 444. The molecule has 1 N–H and O–H groups in total. The van der Waals surface area contributed by atoms with Gasteiger partial charge in [-0.2, -0.15) is 0 Å². The smallest absolute Gasteiger partial charge is 0.260 e. The first-order chi connectivity index (χ1) is 9.29. The van der Waals surface area contributed by atoms with Gasteiger partial charge in [-0.3, -0.25) is 9.59 Å². The number of nitrogens with zero attached hydrogens (tertiary/aromatic N) is 1. The third kappa shape index (κ3) is 3.96. The molecule has 6 heteroatoms. The zero-order valence-corrected chi connectivity index (χ0v) is 10.5. The molecule has 0 aliphatic carbocycles. The highest BCUT2D eigenvalue weighted by Gasteiger charge is 2.17. The fraction of sp³-hybridized carbons (Fsp3) is 0.385. The predicted octanol–water partition coefficient (Wildman–Crippen LogP) is 0.492. The van der Waals surface area contributed by atoms with Crippen LogP contribution in [-0.4, -0.2) is 50.1 Å². The Labute approximate surface area is 111 Å². The fourth-order valence-corrected chi connectivity index (χ4v) is 1.79. The van der Waals surface area contributed by atoms with Crippen LogP contribution in [0.5, 0.6) is 5.75 Å². The van der Waals surface area contributed by atoms with Gasteiger partial charge < -0.3 is 19.7 Å². The van der Waals surface area contributed by atoms with E-state index in [0.29, 0.717) is 44.2 Å². The summed E-state index contributed by atoms with van der Waals surface area (Å²) in [5.74, 6) is 0.491. The Balaban J connectivity index is 1.85. The van der Waals surface area contributed by atoms with Crippen LogP contribution in [0.3, 0.4) is 0 Å². The van der Waals surface area contributed by atoms with Gasteiger partial charge in [-0.25, -0.2) is 0 Å². The number of morpholine rings is 1. The number of hydrogen-bond donors (Lipinski definition) is 1. The second-order valence-corrected chi connectivity index (χ2v) is 4.07. The number of benzene rings is 1. The van der Waals surface area contributed by atoms with Crippen molar-refractivity contribution in [3.8, 4) is 5.75 Å². The summed E-state index contributed by atoms with van der Waals surface area (Å²) in [7, 11) is 0. The predicted molar refractivity (Wildman–Crippen MR) is 69.0 cm³/mol. The second-order valence-electron chi connectivity index (χ2n) is 4.07. The molecule has 1 aromatic rings. The van der Waals surface area contributed by atoms with Gasteiger partial charge in [0.2, 0.25) is 6.41 Å². The molecule has 2 rings (SSSR count). The maximum Gasteiger partial charge on any atom is 0.260 e. The van der Waals surface area contributed by atoms with Crippen LogP contribution in [0.25, 0.3) is 0 Å². The van der Waals surface area contributed by atoms with Crippen molar-refractivity contribution in [2.45, 2.75) is 0 Å². The van der Waals surface area contributed by atoms with Crippen LogP contribution >= 0.6 is 0 Å². The highest BCUT2D eigenvalue weighted by atomic mass is 16.5. The number of carbonyl (C=O) groups is 2. The standard InChI is InChI=1S/C13H16N2O4/c16-10-14-11-2-1-3-12(8-11)19-9-13(17)15-4-6-18-7-5-15/h1-3,8,10H,4-7,9H2,(H,14,16). The van der Waals surface area contributed by atoms with Gasteiger partial charge in [-0.15, -0.1) is 0 Å². The van der Waals surface area contributed by atoms with Gasteiger partial charge in [0.05, 0.1) is 13.2 Å². The molecule has 102 valence electrons. The summed E-state index contributed by atoms with van der Waals surface area (Å²) >= 11 is 0. The van der Waals surface area contributed by atoms with Crippen LogP contribution in [0.4, 0.5) is 5.69 Å². The van der Waals surface area contributed by atoms with Crippen LogP contribution in [0.1, 0.15) is 0 Å². The summed E-state index contributed by atoms with van der Waals surface area (Å²) in [6, 6.07) is 6.90. The number of nitrogens with one attached hydrogen (secondary N) is 1. The average Bonchev–Trinajstić information content (AvgIpc) is 2.46. The minimum absolute atomic E-state index is 0.00938. The molecule has 0 aromatic heterocycles.